The van der Waals surface area contributed by atoms with E-state index in [0.717, 1.165) is 0 Å². The molecule has 0 bridgehead atoms. The lowest BCUT2D eigenvalue weighted by atomic mass is 9.81. The standard InChI is InChI=1S/C56H39N/c1-56(2)51-25-11-10-22-43(51)47-29-30-48-50-34-39(27-31-52(50)57(55(48)54(47)56)40-19-12-18-37(32-40)35-14-4-3-5-15-35)38-26-28-46-49(33-38)42-21-8-9-23-45(42)53(46)44-24-13-17-36-16-6-7-20-41(36)44/h3-34,53H,1-2H3. The minimum atomic E-state index is -0.161. The molecule has 1 atom stereocenters. The maximum atomic E-state index is 2.54. The summed E-state index contributed by atoms with van der Waals surface area (Å²) in [5, 5.41) is 5.18. The van der Waals surface area contributed by atoms with Crippen molar-refractivity contribution in [1.29, 1.82) is 0 Å². The van der Waals surface area contributed by atoms with Gasteiger partial charge < -0.3 is 4.57 Å². The van der Waals surface area contributed by atoms with Crippen molar-refractivity contribution in [3.63, 3.8) is 0 Å². The van der Waals surface area contributed by atoms with Gasteiger partial charge >= 0.3 is 0 Å². The summed E-state index contributed by atoms with van der Waals surface area (Å²) < 4.78 is 2.54. The lowest BCUT2D eigenvalue weighted by molar-refractivity contribution is 0.664. The number of rotatable bonds is 4. The van der Waals surface area contributed by atoms with E-state index in [1.54, 1.807) is 0 Å². The van der Waals surface area contributed by atoms with Crippen LogP contribution in [0.25, 0.3) is 82.8 Å². The fourth-order valence-electron chi connectivity index (χ4n) is 10.5. The third kappa shape index (κ3) is 4.63. The maximum absolute atomic E-state index is 2.54. The minimum Gasteiger partial charge on any atom is -0.309 e. The molecule has 1 nitrogen and oxygen atoms in total. The summed E-state index contributed by atoms with van der Waals surface area (Å²) >= 11 is 0. The van der Waals surface area contributed by atoms with Gasteiger partial charge in [-0.3, -0.25) is 0 Å². The number of aromatic nitrogens is 1. The molecule has 0 fully saturated rings. The molecule has 0 saturated carbocycles. The molecule has 10 aromatic rings. The van der Waals surface area contributed by atoms with Crippen molar-refractivity contribution in [2.75, 3.05) is 0 Å². The highest BCUT2D eigenvalue weighted by atomic mass is 15.0. The van der Waals surface area contributed by atoms with Crippen LogP contribution in [-0.2, 0) is 5.41 Å². The van der Waals surface area contributed by atoms with Gasteiger partial charge in [-0.1, -0.05) is 178 Å². The molecular weight excluding hydrogens is 687 g/mol. The number of benzene rings is 9. The highest BCUT2D eigenvalue weighted by molar-refractivity contribution is 6.14. The first-order valence-corrected chi connectivity index (χ1v) is 20.1. The Morgan fingerprint density at radius 3 is 1.98 bits per heavy atom. The normalized spacial score (nSPS) is 14.8. The fourth-order valence-corrected chi connectivity index (χ4v) is 10.5. The molecule has 9 aromatic carbocycles. The topological polar surface area (TPSA) is 4.93 Å². The van der Waals surface area contributed by atoms with Crippen molar-refractivity contribution in [2.24, 2.45) is 0 Å². The first-order valence-electron chi connectivity index (χ1n) is 20.1. The largest absolute Gasteiger partial charge is 0.309 e. The van der Waals surface area contributed by atoms with Crippen LogP contribution in [-0.4, -0.2) is 4.57 Å². The Bertz CT molecular complexity index is 3260. The summed E-state index contributed by atoms with van der Waals surface area (Å²) in [6.45, 7) is 4.80. The average Bonchev–Trinajstić information content (AvgIpc) is 3.86. The minimum absolute atomic E-state index is 0.161. The third-order valence-electron chi connectivity index (χ3n) is 13.1. The zero-order valence-electron chi connectivity index (χ0n) is 32.0. The molecule has 57 heavy (non-hydrogen) atoms. The summed E-state index contributed by atoms with van der Waals surface area (Å²) in [6, 6.07) is 72.5. The van der Waals surface area contributed by atoms with E-state index >= 15 is 0 Å². The van der Waals surface area contributed by atoms with Gasteiger partial charge in [0.15, 0.2) is 0 Å². The third-order valence-corrected chi connectivity index (χ3v) is 13.1. The van der Waals surface area contributed by atoms with Crippen molar-refractivity contribution in [3.05, 3.63) is 222 Å². The Kier molecular flexibility index (Phi) is 6.81. The van der Waals surface area contributed by atoms with Crippen LogP contribution in [0.2, 0.25) is 0 Å². The van der Waals surface area contributed by atoms with Gasteiger partial charge in [0, 0.05) is 27.8 Å². The molecule has 2 aliphatic rings. The first-order chi connectivity index (χ1) is 28.0. The van der Waals surface area contributed by atoms with Crippen LogP contribution in [0.1, 0.15) is 47.6 Å². The van der Waals surface area contributed by atoms with E-state index in [1.807, 2.05) is 0 Å². The second-order valence-corrected chi connectivity index (χ2v) is 16.4. The molecule has 0 radical (unpaired) electrons. The molecule has 1 heterocycles. The number of hydrogen-bond acceptors (Lipinski definition) is 0. The smallest absolute Gasteiger partial charge is 0.0588 e. The molecule has 2 aliphatic carbocycles. The number of fused-ring (bicyclic) bond motifs is 11. The summed E-state index contributed by atoms with van der Waals surface area (Å²) in [7, 11) is 0. The average molecular weight is 726 g/mol. The molecule has 0 spiro atoms. The molecule has 0 N–H and O–H groups in total. The van der Waals surface area contributed by atoms with Gasteiger partial charge in [-0.05, 0) is 113 Å². The Morgan fingerprint density at radius 1 is 0.404 bits per heavy atom. The van der Waals surface area contributed by atoms with Crippen LogP contribution in [0.3, 0.4) is 0 Å². The molecule has 1 unspecified atom stereocenters. The summed E-state index contributed by atoms with van der Waals surface area (Å²) in [4.78, 5) is 0. The number of nitrogens with zero attached hydrogens (tertiary/aromatic N) is 1. The highest BCUT2D eigenvalue weighted by Crippen LogP contribution is 2.54. The Labute approximate surface area is 333 Å². The summed E-state index contributed by atoms with van der Waals surface area (Å²) in [5.74, 6) is 0.193. The Balaban J connectivity index is 1.07. The van der Waals surface area contributed by atoms with E-state index < -0.39 is 0 Å². The highest BCUT2D eigenvalue weighted by Gasteiger charge is 2.38. The SMILES string of the molecule is CC1(C)c2ccccc2-c2ccc3c4cc(-c5ccc6c(c5)-c5ccccc5C6c5cccc6ccccc56)ccc4n(-c4cccc(-c5ccccc5)c4)c3c21. The Hall–Kier alpha value is -6.96. The predicted molar refractivity (Wildman–Crippen MR) is 240 cm³/mol. The van der Waals surface area contributed by atoms with Gasteiger partial charge in [0.2, 0.25) is 0 Å². The van der Waals surface area contributed by atoms with Crippen molar-refractivity contribution < 1.29 is 0 Å². The van der Waals surface area contributed by atoms with Crippen LogP contribution in [0, 0.1) is 0 Å². The lowest BCUT2D eigenvalue weighted by Gasteiger charge is -2.23. The first kappa shape index (κ1) is 32.3. The van der Waals surface area contributed by atoms with Crippen molar-refractivity contribution in [1.82, 2.24) is 4.57 Å². The van der Waals surface area contributed by atoms with Crippen LogP contribution in [0.4, 0.5) is 0 Å². The van der Waals surface area contributed by atoms with Gasteiger partial charge in [-0.15, -0.1) is 0 Å². The monoisotopic (exact) mass is 725 g/mol. The van der Waals surface area contributed by atoms with E-state index in [9.17, 15) is 0 Å². The molecule has 0 aliphatic heterocycles. The Morgan fingerprint density at radius 2 is 1.07 bits per heavy atom. The van der Waals surface area contributed by atoms with Gasteiger partial charge in [-0.25, -0.2) is 0 Å². The predicted octanol–water partition coefficient (Wildman–Crippen LogP) is 14.7. The van der Waals surface area contributed by atoms with Crippen LogP contribution >= 0.6 is 0 Å². The lowest BCUT2D eigenvalue weighted by Crippen LogP contribution is -2.16. The summed E-state index contributed by atoms with van der Waals surface area (Å²) in [6.07, 6.45) is 0. The molecule has 0 amide bonds. The molecule has 268 valence electrons. The van der Waals surface area contributed by atoms with Gasteiger partial charge in [0.25, 0.3) is 0 Å². The quantitative estimate of drug-likeness (QED) is 0.170. The van der Waals surface area contributed by atoms with Gasteiger partial charge in [-0.2, -0.15) is 0 Å². The van der Waals surface area contributed by atoms with E-state index in [1.165, 1.54) is 111 Å². The molecule has 1 aromatic heterocycles. The van der Waals surface area contributed by atoms with Crippen molar-refractivity contribution >= 4 is 32.6 Å². The maximum Gasteiger partial charge on any atom is 0.0588 e. The van der Waals surface area contributed by atoms with E-state index in [-0.39, 0.29) is 11.3 Å². The van der Waals surface area contributed by atoms with E-state index in [2.05, 4.69) is 213 Å². The zero-order valence-corrected chi connectivity index (χ0v) is 32.0. The van der Waals surface area contributed by atoms with E-state index in [4.69, 9.17) is 0 Å². The van der Waals surface area contributed by atoms with Crippen LogP contribution in [0.5, 0.6) is 0 Å². The second-order valence-electron chi connectivity index (χ2n) is 16.4. The van der Waals surface area contributed by atoms with Gasteiger partial charge in [0.05, 0.1) is 11.0 Å². The van der Waals surface area contributed by atoms with Gasteiger partial charge in [0.1, 0.15) is 0 Å². The molecule has 1 heteroatoms. The molecule has 0 saturated heterocycles. The summed E-state index contributed by atoms with van der Waals surface area (Å²) in [5.41, 5.74) is 20.7. The second kappa shape index (κ2) is 12.0. The molecular formula is C56H39N. The van der Waals surface area contributed by atoms with Crippen LogP contribution in [0.15, 0.2) is 194 Å². The fraction of sp³-hybridized carbons (Fsp3) is 0.0714. The van der Waals surface area contributed by atoms with Crippen LogP contribution < -0.4 is 0 Å². The zero-order chi connectivity index (χ0) is 37.8. The van der Waals surface area contributed by atoms with Crippen molar-refractivity contribution in [2.45, 2.75) is 25.2 Å². The van der Waals surface area contributed by atoms with E-state index in [0.29, 0.717) is 0 Å². The van der Waals surface area contributed by atoms with Crippen molar-refractivity contribution in [3.8, 4) is 50.2 Å². The number of hydrogen-bond donors (Lipinski definition) is 0. The molecule has 12 rings (SSSR count).